The molecule has 80 valence electrons. The molecule has 2 aliphatic heterocycles. The van der Waals surface area contributed by atoms with Crippen molar-refractivity contribution in [1.82, 2.24) is 15.5 Å². The molecule has 0 spiro atoms. The lowest BCUT2D eigenvalue weighted by Crippen LogP contribution is -2.52. The van der Waals surface area contributed by atoms with E-state index in [-0.39, 0.29) is 11.8 Å². The molecule has 0 aliphatic carbocycles. The van der Waals surface area contributed by atoms with Crippen LogP contribution in [0.25, 0.3) is 0 Å². The van der Waals surface area contributed by atoms with Gasteiger partial charge < -0.3 is 15.5 Å². The first-order valence-corrected chi connectivity index (χ1v) is 5.46. The van der Waals surface area contributed by atoms with Crippen LogP contribution in [-0.2, 0) is 4.79 Å². The number of likely N-dealkylation sites (tertiary alicyclic amines) is 1. The summed E-state index contributed by atoms with van der Waals surface area (Å²) in [5.41, 5.74) is 0. The predicted molar refractivity (Wildman–Crippen MR) is 55.0 cm³/mol. The molecule has 14 heavy (non-hydrogen) atoms. The number of amides is 1. The van der Waals surface area contributed by atoms with E-state index in [2.05, 4.69) is 22.6 Å². The molecule has 1 atom stereocenters. The van der Waals surface area contributed by atoms with Crippen LogP contribution < -0.4 is 10.6 Å². The molecule has 2 aliphatic rings. The Morgan fingerprint density at radius 1 is 1.57 bits per heavy atom. The summed E-state index contributed by atoms with van der Waals surface area (Å²) in [6.07, 6.45) is 2.49. The van der Waals surface area contributed by atoms with E-state index in [0.29, 0.717) is 6.04 Å². The van der Waals surface area contributed by atoms with Crippen LogP contribution in [0.2, 0.25) is 0 Å². The van der Waals surface area contributed by atoms with Crippen LogP contribution >= 0.6 is 0 Å². The van der Waals surface area contributed by atoms with Crippen LogP contribution in [0.15, 0.2) is 0 Å². The third kappa shape index (κ3) is 2.07. The fraction of sp³-hybridized carbons (Fsp3) is 0.900. The predicted octanol–water partition coefficient (Wildman–Crippen LogP) is -0.584. The van der Waals surface area contributed by atoms with Gasteiger partial charge in [-0.05, 0) is 26.4 Å². The van der Waals surface area contributed by atoms with Gasteiger partial charge in [0.25, 0.3) is 0 Å². The van der Waals surface area contributed by atoms with Crippen LogP contribution in [-0.4, -0.2) is 50.1 Å². The topological polar surface area (TPSA) is 44.4 Å². The lowest BCUT2D eigenvalue weighted by molar-refractivity contribution is -0.126. The van der Waals surface area contributed by atoms with E-state index in [1.807, 2.05) is 0 Å². The minimum atomic E-state index is 0.224. The van der Waals surface area contributed by atoms with Crippen molar-refractivity contribution in [3.8, 4) is 0 Å². The summed E-state index contributed by atoms with van der Waals surface area (Å²) in [5.74, 6) is 0.450. The first-order chi connectivity index (χ1) is 6.77. The maximum absolute atomic E-state index is 11.5. The quantitative estimate of drug-likeness (QED) is 0.636. The Hall–Kier alpha value is -0.610. The van der Waals surface area contributed by atoms with E-state index in [9.17, 15) is 4.79 Å². The molecule has 0 bridgehead atoms. The minimum absolute atomic E-state index is 0.224. The normalized spacial score (nSPS) is 28.8. The number of nitrogens with zero attached hydrogens (tertiary/aromatic N) is 1. The standard InChI is InChI=1S/C10H19N3O/c1-13-4-2-3-9(13)7-12-10(14)8-5-11-6-8/h8-9,11H,2-7H2,1H3,(H,12,14). The summed E-state index contributed by atoms with van der Waals surface area (Å²) < 4.78 is 0. The number of likely N-dealkylation sites (N-methyl/N-ethyl adjacent to an activating group) is 1. The maximum atomic E-state index is 11.5. The number of carbonyl (C=O) groups is 1. The van der Waals surface area contributed by atoms with Crippen LogP contribution in [0, 0.1) is 5.92 Å². The molecule has 0 aromatic rings. The Kier molecular flexibility index (Phi) is 3.03. The Balaban J connectivity index is 1.68. The number of nitrogens with one attached hydrogen (secondary N) is 2. The number of rotatable bonds is 3. The molecule has 2 rings (SSSR count). The van der Waals surface area contributed by atoms with Gasteiger partial charge in [0.2, 0.25) is 5.91 Å². The van der Waals surface area contributed by atoms with Gasteiger partial charge in [0.15, 0.2) is 0 Å². The van der Waals surface area contributed by atoms with Gasteiger partial charge in [0.05, 0.1) is 5.92 Å². The Morgan fingerprint density at radius 3 is 2.86 bits per heavy atom. The van der Waals surface area contributed by atoms with E-state index in [1.54, 1.807) is 0 Å². The lowest BCUT2D eigenvalue weighted by Gasteiger charge is -2.27. The Morgan fingerprint density at radius 2 is 2.36 bits per heavy atom. The molecule has 1 unspecified atom stereocenters. The molecule has 2 fully saturated rings. The zero-order valence-corrected chi connectivity index (χ0v) is 8.75. The summed E-state index contributed by atoms with van der Waals surface area (Å²) in [5, 5.41) is 6.14. The van der Waals surface area contributed by atoms with E-state index in [1.165, 1.54) is 19.4 Å². The van der Waals surface area contributed by atoms with Gasteiger partial charge >= 0.3 is 0 Å². The molecule has 4 heteroatoms. The molecule has 2 saturated heterocycles. The number of hydrogen-bond donors (Lipinski definition) is 2. The van der Waals surface area contributed by atoms with Crippen molar-refractivity contribution in [1.29, 1.82) is 0 Å². The summed E-state index contributed by atoms with van der Waals surface area (Å²) in [4.78, 5) is 13.9. The summed E-state index contributed by atoms with van der Waals surface area (Å²) in [6.45, 7) is 3.70. The molecule has 2 heterocycles. The van der Waals surface area contributed by atoms with Gasteiger partial charge in [-0.1, -0.05) is 0 Å². The lowest BCUT2D eigenvalue weighted by atomic mass is 10.0. The summed E-state index contributed by atoms with van der Waals surface area (Å²) >= 11 is 0. The van der Waals surface area contributed by atoms with Gasteiger partial charge in [0, 0.05) is 25.7 Å². The fourth-order valence-corrected chi connectivity index (χ4v) is 2.07. The first kappa shape index (κ1) is 9.93. The van der Waals surface area contributed by atoms with Crippen molar-refractivity contribution in [3.05, 3.63) is 0 Å². The van der Waals surface area contributed by atoms with Crippen LogP contribution in [0.4, 0.5) is 0 Å². The van der Waals surface area contributed by atoms with Crippen LogP contribution in [0.3, 0.4) is 0 Å². The third-order valence-corrected chi connectivity index (χ3v) is 3.34. The first-order valence-electron chi connectivity index (χ1n) is 5.46. The van der Waals surface area contributed by atoms with Gasteiger partial charge in [-0.15, -0.1) is 0 Å². The van der Waals surface area contributed by atoms with Crippen LogP contribution in [0.1, 0.15) is 12.8 Å². The van der Waals surface area contributed by atoms with Crippen LogP contribution in [0.5, 0.6) is 0 Å². The van der Waals surface area contributed by atoms with E-state index >= 15 is 0 Å². The Labute approximate surface area is 85.0 Å². The second kappa shape index (κ2) is 4.28. The molecular formula is C10H19N3O. The highest BCUT2D eigenvalue weighted by Gasteiger charge is 2.26. The summed E-state index contributed by atoms with van der Waals surface area (Å²) in [6, 6.07) is 0.562. The zero-order valence-electron chi connectivity index (χ0n) is 8.75. The highest BCUT2D eigenvalue weighted by molar-refractivity contribution is 5.80. The largest absolute Gasteiger partial charge is 0.354 e. The smallest absolute Gasteiger partial charge is 0.225 e. The molecule has 0 aromatic heterocycles. The molecular weight excluding hydrogens is 178 g/mol. The average molecular weight is 197 g/mol. The molecule has 0 aromatic carbocycles. The van der Waals surface area contributed by atoms with Gasteiger partial charge in [-0.3, -0.25) is 4.79 Å². The van der Waals surface area contributed by atoms with E-state index in [0.717, 1.165) is 19.6 Å². The maximum Gasteiger partial charge on any atom is 0.225 e. The molecule has 2 N–H and O–H groups in total. The zero-order chi connectivity index (χ0) is 9.97. The third-order valence-electron chi connectivity index (χ3n) is 3.34. The SMILES string of the molecule is CN1CCCC1CNC(=O)C1CNC1. The Bertz CT molecular complexity index is 215. The molecule has 1 amide bonds. The fourth-order valence-electron chi connectivity index (χ4n) is 2.07. The van der Waals surface area contributed by atoms with Crippen molar-refractivity contribution in [2.24, 2.45) is 5.92 Å². The van der Waals surface area contributed by atoms with E-state index in [4.69, 9.17) is 0 Å². The van der Waals surface area contributed by atoms with Crippen molar-refractivity contribution in [2.75, 3.05) is 33.2 Å². The second-order valence-corrected chi connectivity index (χ2v) is 4.38. The van der Waals surface area contributed by atoms with Crippen molar-refractivity contribution >= 4 is 5.91 Å². The number of carbonyl (C=O) groups excluding carboxylic acids is 1. The molecule has 0 saturated carbocycles. The number of hydrogen-bond acceptors (Lipinski definition) is 3. The molecule has 4 nitrogen and oxygen atoms in total. The monoisotopic (exact) mass is 197 g/mol. The average Bonchev–Trinajstić information content (AvgIpc) is 2.44. The van der Waals surface area contributed by atoms with Gasteiger partial charge in [-0.25, -0.2) is 0 Å². The second-order valence-electron chi connectivity index (χ2n) is 4.38. The van der Waals surface area contributed by atoms with Crippen molar-refractivity contribution in [2.45, 2.75) is 18.9 Å². The highest BCUT2D eigenvalue weighted by atomic mass is 16.2. The van der Waals surface area contributed by atoms with Gasteiger partial charge in [-0.2, -0.15) is 0 Å². The van der Waals surface area contributed by atoms with Gasteiger partial charge in [0.1, 0.15) is 0 Å². The van der Waals surface area contributed by atoms with Crippen molar-refractivity contribution in [3.63, 3.8) is 0 Å². The van der Waals surface area contributed by atoms with Crippen molar-refractivity contribution < 1.29 is 4.79 Å². The highest BCUT2D eigenvalue weighted by Crippen LogP contribution is 2.13. The molecule has 0 radical (unpaired) electrons. The summed E-state index contributed by atoms with van der Waals surface area (Å²) in [7, 11) is 2.13. The van der Waals surface area contributed by atoms with E-state index < -0.39 is 0 Å². The minimum Gasteiger partial charge on any atom is -0.354 e.